The molecule has 29 heavy (non-hydrogen) atoms. The number of likely N-dealkylation sites (tertiary alicyclic amines) is 1. The molecule has 3 aliphatic rings. The summed E-state index contributed by atoms with van der Waals surface area (Å²) in [5.41, 5.74) is 5.33. The molecule has 0 unspecified atom stereocenters. The first-order valence-electron chi connectivity index (χ1n) is 10.0. The number of hydrogen-bond donors (Lipinski definition) is 1. The Balaban J connectivity index is 1.44. The molecule has 3 heterocycles. The van der Waals surface area contributed by atoms with Gasteiger partial charge in [0.1, 0.15) is 18.3 Å². The molecule has 2 aromatic rings. The number of anilines is 1. The highest BCUT2D eigenvalue weighted by molar-refractivity contribution is 5.62. The Kier molecular flexibility index (Phi) is 4.34. The van der Waals surface area contributed by atoms with Crippen molar-refractivity contribution in [2.24, 2.45) is 17.8 Å². The van der Waals surface area contributed by atoms with Gasteiger partial charge in [0.15, 0.2) is 0 Å². The number of nitrogens with two attached hydrogens (primary N) is 1. The van der Waals surface area contributed by atoms with Crippen LogP contribution in [-0.2, 0) is 12.6 Å². The molecule has 0 radical (unpaired) electrons. The second-order valence-electron chi connectivity index (χ2n) is 8.52. The van der Waals surface area contributed by atoms with Crippen LogP contribution in [0.1, 0.15) is 30.3 Å². The van der Waals surface area contributed by atoms with Crippen LogP contribution >= 0.6 is 0 Å². The van der Waals surface area contributed by atoms with Gasteiger partial charge >= 0.3 is 6.18 Å². The summed E-state index contributed by atoms with van der Waals surface area (Å²) in [5, 5.41) is 0. The van der Waals surface area contributed by atoms with E-state index in [1.54, 1.807) is 0 Å². The third-order valence-corrected chi connectivity index (χ3v) is 6.44. The second-order valence-corrected chi connectivity index (χ2v) is 8.52. The van der Waals surface area contributed by atoms with E-state index >= 15 is 0 Å². The summed E-state index contributed by atoms with van der Waals surface area (Å²) < 4.78 is 54.4. The molecule has 156 valence electrons. The molecule has 3 atom stereocenters. The van der Waals surface area contributed by atoms with E-state index in [2.05, 4.69) is 14.5 Å². The third kappa shape index (κ3) is 3.49. The van der Waals surface area contributed by atoms with Crippen molar-refractivity contribution in [3.05, 3.63) is 29.8 Å². The van der Waals surface area contributed by atoms with E-state index in [-0.39, 0.29) is 6.67 Å². The predicted molar refractivity (Wildman–Crippen MR) is 99.7 cm³/mol. The van der Waals surface area contributed by atoms with Gasteiger partial charge in [-0.3, -0.25) is 0 Å². The molecule has 1 aliphatic heterocycles. The number of fused-ring (bicyclic) bond motifs is 1. The van der Waals surface area contributed by atoms with Crippen molar-refractivity contribution in [2.75, 3.05) is 32.0 Å². The van der Waals surface area contributed by atoms with Gasteiger partial charge in [0.05, 0.1) is 11.3 Å². The summed E-state index contributed by atoms with van der Waals surface area (Å²) in [6.45, 7) is 1.88. The minimum Gasteiger partial charge on any atom is -0.383 e. The number of rotatable bonds is 6. The minimum absolute atomic E-state index is 0.310. The summed E-state index contributed by atoms with van der Waals surface area (Å²) >= 11 is 0. The maximum atomic E-state index is 13.2. The summed E-state index contributed by atoms with van der Waals surface area (Å²) in [7, 11) is 0. The average molecular weight is 409 g/mol. The molecule has 5 rings (SSSR count). The molecule has 2 aromatic heterocycles. The molecule has 1 saturated heterocycles. The van der Waals surface area contributed by atoms with Gasteiger partial charge in [0.25, 0.3) is 0 Å². The van der Waals surface area contributed by atoms with Crippen LogP contribution in [-0.4, -0.2) is 45.7 Å². The fourth-order valence-corrected chi connectivity index (χ4v) is 4.70. The lowest BCUT2D eigenvalue weighted by atomic mass is 10.1. The first-order valence-corrected chi connectivity index (χ1v) is 10.0. The molecule has 0 amide bonds. The number of hydrogen-bond acceptors (Lipinski definition) is 4. The van der Waals surface area contributed by atoms with Crippen molar-refractivity contribution in [3.8, 4) is 11.3 Å². The Labute approximate surface area is 165 Å². The smallest absolute Gasteiger partial charge is 0.383 e. The van der Waals surface area contributed by atoms with E-state index in [1.807, 2.05) is 6.20 Å². The van der Waals surface area contributed by atoms with Gasteiger partial charge in [0, 0.05) is 50.1 Å². The lowest BCUT2D eigenvalue weighted by molar-refractivity contribution is -0.137. The second kappa shape index (κ2) is 6.68. The lowest BCUT2D eigenvalue weighted by Gasteiger charge is -2.18. The average Bonchev–Trinajstić information content (AvgIpc) is 3.50. The Morgan fingerprint density at radius 2 is 1.90 bits per heavy atom. The highest BCUT2D eigenvalue weighted by Crippen LogP contribution is 2.56. The quantitative estimate of drug-likeness (QED) is 0.741. The van der Waals surface area contributed by atoms with Crippen LogP contribution in [0.5, 0.6) is 0 Å². The fraction of sp³-hybridized carbons (Fsp3) is 0.600. The zero-order valence-electron chi connectivity index (χ0n) is 15.9. The maximum absolute atomic E-state index is 13.2. The molecule has 5 nitrogen and oxygen atoms in total. The fourth-order valence-electron chi connectivity index (χ4n) is 4.70. The van der Waals surface area contributed by atoms with E-state index in [4.69, 9.17) is 10.7 Å². The van der Waals surface area contributed by atoms with Gasteiger partial charge in [-0.25, -0.2) is 14.4 Å². The first-order chi connectivity index (χ1) is 13.8. The SMILES string of the molecule is Nc1ncc(-c2cn([C@H]3[C@@H]4CN(CCF)C[C@@H]43)c(CC3CC3)n2)cc1C(F)(F)F. The number of imidazole rings is 1. The van der Waals surface area contributed by atoms with E-state index in [9.17, 15) is 17.6 Å². The van der Waals surface area contributed by atoms with Gasteiger partial charge in [-0.05, 0) is 36.7 Å². The number of nitrogens with zero attached hydrogens (tertiary/aromatic N) is 4. The van der Waals surface area contributed by atoms with Gasteiger partial charge in [-0.2, -0.15) is 13.2 Å². The molecular formula is C20H23F4N5. The van der Waals surface area contributed by atoms with Crippen LogP contribution in [0.25, 0.3) is 11.3 Å². The minimum atomic E-state index is -4.56. The first kappa shape index (κ1) is 18.8. The van der Waals surface area contributed by atoms with Gasteiger partial charge in [0.2, 0.25) is 0 Å². The summed E-state index contributed by atoms with van der Waals surface area (Å²) in [5.74, 6) is 1.96. The summed E-state index contributed by atoms with van der Waals surface area (Å²) in [6.07, 6.45) is 1.86. The highest BCUT2D eigenvalue weighted by atomic mass is 19.4. The van der Waals surface area contributed by atoms with Gasteiger partial charge in [-0.1, -0.05) is 0 Å². The summed E-state index contributed by atoms with van der Waals surface area (Å²) in [4.78, 5) is 10.6. The normalized spacial score (nSPS) is 26.7. The molecule has 0 aromatic carbocycles. The van der Waals surface area contributed by atoms with Crippen LogP contribution in [0.3, 0.4) is 0 Å². The Hall–Kier alpha value is -2.16. The third-order valence-electron chi connectivity index (χ3n) is 6.44. The number of pyridine rings is 1. The van der Waals surface area contributed by atoms with E-state index in [1.165, 1.54) is 19.0 Å². The van der Waals surface area contributed by atoms with Crippen LogP contribution in [0.15, 0.2) is 18.5 Å². The van der Waals surface area contributed by atoms with Crippen molar-refractivity contribution in [1.29, 1.82) is 0 Å². The maximum Gasteiger partial charge on any atom is 0.419 e. The van der Waals surface area contributed by atoms with Crippen molar-refractivity contribution < 1.29 is 17.6 Å². The zero-order valence-corrected chi connectivity index (χ0v) is 15.9. The molecule has 0 bridgehead atoms. The molecule has 2 N–H and O–H groups in total. The Morgan fingerprint density at radius 1 is 1.17 bits per heavy atom. The number of piperidine rings is 1. The van der Waals surface area contributed by atoms with Crippen LogP contribution in [0.4, 0.5) is 23.4 Å². The van der Waals surface area contributed by atoms with Gasteiger partial charge in [-0.15, -0.1) is 0 Å². The predicted octanol–water partition coefficient (Wildman–Crippen LogP) is 3.57. The molecule has 9 heteroatoms. The Morgan fingerprint density at radius 3 is 2.52 bits per heavy atom. The van der Waals surface area contributed by atoms with Crippen LogP contribution in [0, 0.1) is 17.8 Å². The molecule has 2 aliphatic carbocycles. The van der Waals surface area contributed by atoms with E-state index < -0.39 is 17.6 Å². The van der Waals surface area contributed by atoms with Crippen molar-refractivity contribution in [1.82, 2.24) is 19.4 Å². The van der Waals surface area contributed by atoms with Crippen LogP contribution < -0.4 is 5.73 Å². The van der Waals surface area contributed by atoms with E-state index in [0.717, 1.165) is 31.4 Å². The summed E-state index contributed by atoms with van der Waals surface area (Å²) in [6, 6.07) is 1.34. The van der Waals surface area contributed by atoms with Crippen molar-refractivity contribution >= 4 is 5.82 Å². The molecule has 3 fully saturated rings. The number of aromatic nitrogens is 3. The van der Waals surface area contributed by atoms with E-state index in [0.29, 0.717) is 41.6 Å². The lowest BCUT2D eigenvalue weighted by Crippen LogP contribution is -2.27. The van der Waals surface area contributed by atoms with Crippen molar-refractivity contribution in [3.63, 3.8) is 0 Å². The molecule has 2 saturated carbocycles. The number of alkyl halides is 4. The number of nitrogen functional groups attached to an aromatic ring is 1. The Bertz CT molecular complexity index is 908. The zero-order chi connectivity index (χ0) is 20.3. The van der Waals surface area contributed by atoms with Crippen LogP contribution in [0.2, 0.25) is 0 Å². The highest BCUT2D eigenvalue weighted by Gasteiger charge is 2.57. The molecule has 0 spiro atoms. The van der Waals surface area contributed by atoms with Gasteiger partial charge < -0.3 is 15.2 Å². The van der Waals surface area contributed by atoms with Crippen molar-refractivity contribution in [2.45, 2.75) is 31.5 Å². The monoisotopic (exact) mass is 409 g/mol. The molecular weight excluding hydrogens is 386 g/mol. The number of halogens is 4. The standard InChI is InChI=1S/C20H23F4N5/c21-3-4-28-8-13-14(9-28)18(13)29-10-16(27-17(29)5-11-1-2-11)12-6-15(20(22,23)24)19(25)26-7-12/h6-7,10-11,13-14,18H,1-5,8-9H2,(H2,25,26)/t13-,14+,18+. The largest absolute Gasteiger partial charge is 0.419 e. The topological polar surface area (TPSA) is 60.0 Å².